The van der Waals surface area contributed by atoms with Crippen molar-refractivity contribution in [2.24, 2.45) is 4.99 Å². The number of rotatable bonds is 8. The van der Waals surface area contributed by atoms with Crippen LogP contribution in [0.25, 0.3) is 10.9 Å². The Morgan fingerprint density at radius 3 is 2.75 bits per heavy atom. The monoisotopic (exact) mass is 542 g/mol. The zero-order chi connectivity index (χ0) is 21.5. The van der Waals surface area contributed by atoms with Crippen molar-refractivity contribution in [2.75, 3.05) is 13.1 Å². The highest BCUT2D eigenvalue weighted by Gasteiger charge is 2.07. The summed E-state index contributed by atoms with van der Waals surface area (Å²) in [6.45, 7) is 7.20. The van der Waals surface area contributed by atoms with Gasteiger partial charge < -0.3 is 20.2 Å². The van der Waals surface area contributed by atoms with Crippen molar-refractivity contribution in [2.45, 2.75) is 33.4 Å². The summed E-state index contributed by atoms with van der Waals surface area (Å²) in [6.07, 6.45) is 6.90. The minimum atomic E-state index is 0. The first kappa shape index (κ1) is 23.8. The van der Waals surface area contributed by atoms with Gasteiger partial charge in [0.2, 0.25) is 0 Å². The molecule has 0 saturated heterocycles. The molecule has 0 fully saturated rings. The average Bonchev–Trinajstić information content (AvgIpc) is 3.40. The van der Waals surface area contributed by atoms with Gasteiger partial charge in [0, 0.05) is 49.1 Å². The predicted octanol–water partition coefficient (Wildman–Crippen LogP) is 4.64. The molecule has 0 amide bonds. The van der Waals surface area contributed by atoms with Crippen LogP contribution in [0.2, 0.25) is 0 Å². The van der Waals surface area contributed by atoms with Crippen LogP contribution in [0.5, 0.6) is 0 Å². The number of hydrogen-bond donors (Lipinski definition) is 3. The maximum absolute atomic E-state index is 4.76. The van der Waals surface area contributed by atoms with Crippen LogP contribution in [0.4, 0.5) is 0 Å². The van der Waals surface area contributed by atoms with Gasteiger partial charge in [-0.05, 0) is 43.0 Å². The van der Waals surface area contributed by atoms with Gasteiger partial charge in [-0.2, -0.15) is 0 Å². The van der Waals surface area contributed by atoms with E-state index >= 15 is 0 Å². The fourth-order valence-corrected chi connectivity index (χ4v) is 3.87. The molecule has 3 N–H and O–H groups in total. The third-order valence-corrected chi connectivity index (χ3v) is 5.40. The molecule has 32 heavy (non-hydrogen) atoms. The lowest BCUT2D eigenvalue weighted by Crippen LogP contribution is -2.38. The van der Waals surface area contributed by atoms with E-state index < -0.39 is 0 Å². The van der Waals surface area contributed by atoms with E-state index in [1.54, 1.807) is 0 Å². The summed E-state index contributed by atoms with van der Waals surface area (Å²) in [7, 11) is 0. The number of benzene rings is 2. The maximum Gasteiger partial charge on any atom is 0.191 e. The van der Waals surface area contributed by atoms with Crippen LogP contribution in [0.1, 0.15) is 29.4 Å². The van der Waals surface area contributed by atoms with E-state index in [0.29, 0.717) is 6.54 Å². The lowest BCUT2D eigenvalue weighted by Gasteiger charge is -2.12. The fraction of sp³-hybridized carbons (Fsp3) is 0.280. The number of aromatic amines is 1. The van der Waals surface area contributed by atoms with Crippen molar-refractivity contribution in [1.29, 1.82) is 0 Å². The number of aromatic nitrogens is 3. The summed E-state index contributed by atoms with van der Waals surface area (Å²) in [4.78, 5) is 12.6. The van der Waals surface area contributed by atoms with Gasteiger partial charge in [0.15, 0.2) is 5.96 Å². The zero-order valence-corrected chi connectivity index (χ0v) is 21.0. The second kappa shape index (κ2) is 11.7. The Labute approximate surface area is 206 Å². The van der Waals surface area contributed by atoms with Crippen molar-refractivity contribution >= 4 is 40.8 Å². The van der Waals surface area contributed by atoms with Crippen LogP contribution >= 0.6 is 24.0 Å². The molecular weight excluding hydrogens is 511 g/mol. The van der Waals surface area contributed by atoms with Crippen molar-refractivity contribution in [1.82, 2.24) is 25.2 Å². The van der Waals surface area contributed by atoms with E-state index in [9.17, 15) is 0 Å². The van der Waals surface area contributed by atoms with E-state index in [-0.39, 0.29) is 24.0 Å². The van der Waals surface area contributed by atoms with Gasteiger partial charge in [0.1, 0.15) is 12.4 Å². The molecule has 0 aliphatic rings. The molecule has 4 rings (SSSR count). The average molecular weight is 542 g/mol. The highest BCUT2D eigenvalue weighted by Crippen LogP contribution is 2.22. The standard InChI is InChI=1S/C25H30N6.HI/c1-3-26-25(28-13-12-21-16-29-22-11-7-8-19(2)24(21)22)30-17-23-27-14-15-31(23)18-20-9-5-4-6-10-20;/h4-11,14-16,29H,3,12-13,17-18H2,1-2H3,(H2,26,28,30);1H. The van der Waals surface area contributed by atoms with Gasteiger partial charge in [-0.15, -0.1) is 24.0 Å². The number of halogens is 1. The molecule has 0 atom stereocenters. The summed E-state index contributed by atoms with van der Waals surface area (Å²) >= 11 is 0. The van der Waals surface area contributed by atoms with E-state index in [2.05, 4.69) is 87.7 Å². The first-order chi connectivity index (χ1) is 15.2. The molecular formula is C25H31IN6. The molecule has 2 aromatic heterocycles. The van der Waals surface area contributed by atoms with E-state index in [1.165, 1.54) is 27.6 Å². The second-order valence-electron chi connectivity index (χ2n) is 7.64. The summed E-state index contributed by atoms with van der Waals surface area (Å²) in [5.41, 5.74) is 5.08. The quantitative estimate of drug-likeness (QED) is 0.173. The molecule has 168 valence electrons. The molecule has 0 spiro atoms. The largest absolute Gasteiger partial charge is 0.361 e. The van der Waals surface area contributed by atoms with E-state index in [1.807, 2.05) is 18.5 Å². The summed E-state index contributed by atoms with van der Waals surface area (Å²) in [5.74, 6) is 1.77. The lowest BCUT2D eigenvalue weighted by atomic mass is 10.1. The van der Waals surface area contributed by atoms with Crippen molar-refractivity contribution in [3.63, 3.8) is 0 Å². The number of aryl methyl sites for hydroxylation is 1. The number of imidazole rings is 1. The molecule has 0 aliphatic heterocycles. The van der Waals surface area contributed by atoms with Crippen molar-refractivity contribution < 1.29 is 0 Å². The minimum Gasteiger partial charge on any atom is -0.361 e. The van der Waals surface area contributed by atoms with Crippen LogP contribution < -0.4 is 10.6 Å². The molecule has 0 saturated carbocycles. The van der Waals surface area contributed by atoms with E-state index in [0.717, 1.165) is 37.8 Å². The number of fused-ring (bicyclic) bond motifs is 1. The predicted molar refractivity (Wildman–Crippen MR) is 143 cm³/mol. The first-order valence-corrected chi connectivity index (χ1v) is 10.9. The van der Waals surface area contributed by atoms with Crippen molar-refractivity contribution in [3.05, 3.63) is 89.6 Å². The number of nitrogens with zero attached hydrogens (tertiary/aromatic N) is 3. The Morgan fingerprint density at radius 1 is 1.09 bits per heavy atom. The number of hydrogen-bond acceptors (Lipinski definition) is 2. The molecule has 0 radical (unpaired) electrons. The molecule has 0 bridgehead atoms. The molecule has 6 nitrogen and oxygen atoms in total. The number of aliphatic imine (C=N–C) groups is 1. The topological polar surface area (TPSA) is 70.0 Å². The zero-order valence-electron chi connectivity index (χ0n) is 18.6. The number of H-pyrrole nitrogens is 1. The Hall–Kier alpha value is -2.81. The summed E-state index contributed by atoms with van der Waals surface area (Å²) < 4.78 is 2.15. The SMILES string of the molecule is CCNC(=NCc1nccn1Cc1ccccc1)NCCc1c[nH]c2cccc(C)c12.I. The van der Waals surface area contributed by atoms with E-state index in [4.69, 9.17) is 4.99 Å². The van der Waals surface area contributed by atoms with Crippen LogP contribution in [-0.2, 0) is 19.5 Å². The molecule has 2 heterocycles. The highest BCUT2D eigenvalue weighted by atomic mass is 127. The fourth-order valence-electron chi connectivity index (χ4n) is 3.87. The van der Waals surface area contributed by atoms with Gasteiger partial charge in [-0.1, -0.05) is 42.5 Å². The van der Waals surface area contributed by atoms with Gasteiger partial charge in [-0.25, -0.2) is 9.98 Å². The minimum absolute atomic E-state index is 0. The molecule has 4 aromatic rings. The van der Waals surface area contributed by atoms with Gasteiger partial charge in [0.05, 0.1) is 0 Å². The van der Waals surface area contributed by atoms with Crippen LogP contribution in [0, 0.1) is 6.92 Å². The lowest BCUT2D eigenvalue weighted by molar-refractivity contribution is 0.716. The molecule has 0 unspecified atom stereocenters. The number of nitrogens with one attached hydrogen (secondary N) is 3. The Morgan fingerprint density at radius 2 is 1.94 bits per heavy atom. The highest BCUT2D eigenvalue weighted by molar-refractivity contribution is 14.0. The third-order valence-electron chi connectivity index (χ3n) is 5.40. The Bertz CT molecular complexity index is 1150. The first-order valence-electron chi connectivity index (χ1n) is 10.9. The second-order valence-corrected chi connectivity index (χ2v) is 7.64. The van der Waals surface area contributed by atoms with Gasteiger partial charge >= 0.3 is 0 Å². The third kappa shape index (κ3) is 5.91. The summed E-state index contributed by atoms with van der Waals surface area (Å²) in [5, 5.41) is 8.13. The number of guanidine groups is 1. The summed E-state index contributed by atoms with van der Waals surface area (Å²) in [6, 6.07) is 16.8. The van der Waals surface area contributed by atoms with Crippen LogP contribution in [0.15, 0.2) is 72.1 Å². The smallest absolute Gasteiger partial charge is 0.191 e. The van der Waals surface area contributed by atoms with Crippen LogP contribution in [0.3, 0.4) is 0 Å². The van der Waals surface area contributed by atoms with Gasteiger partial charge in [0.25, 0.3) is 0 Å². The van der Waals surface area contributed by atoms with Crippen LogP contribution in [-0.4, -0.2) is 33.6 Å². The molecule has 2 aromatic carbocycles. The maximum atomic E-state index is 4.76. The normalized spacial score (nSPS) is 11.4. The Kier molecular flexibility index (Phi) is 8.72. The Balaban J connectivity index is 0.00000289. The van der Waals surface area contributed by atoms with Crippen molar-refractivity contribution in [3.8, 4) is 0 Å². The molecule has 7 heteroatoms. The van der Waals surface area contributed by atoms with Gasteiger partial charge in [-0.3, -0.25) is 0 Å². The molecule has 0 aliphatic carbocycles.